The van der Waals surface area contributed by atoms with Gasteiger partial charge in [0, 0.05) is 6.04 Å². The molecule has 1 atom stereocenters. The summed E-state index contributed by atoms with van der Waals surface area (Å²) in [4.78, 5) is 13.9. The van der Waals surface area contributed by atoms with E-state index < -0.39 is 11.7 Å². The van der Waals surface area contributed by atoms with Gasteiger partial charge in [-0.1, -0.05) is 25.0 Å². The third-order valence-electron chi connectivity index (χ3n) is 4.28. The zero-order valence-electron chi connectivity index (χ0n) is 11.5. The molecule has 1 unspecified atom stereocenters. The number of rotatable bonds is 2. The summed E-state index contributed by atoms with van der Waals surface area (Å²) in [6, 6.07) is 5.28. The molecule has 2 fully saturated rings. The number of amides is 1. The van der Waals surface area contributed by atoms with Crippen LogP contribution in [-0.4, -0.2) is 23.4 Å². The summed E-state index contributed by atoms with van der Waals surface area (Å²) >= 11 is 0. The standard InChI is InChI=1S/C15H17F3N2O/c16-15(17,18)11-7-5-10(6-8-11)14-19-9-13(21)20(14)12-3-1-2-4-12/h5-8,12,14,19H,1-4,9H2. The number of alkyl halides is 3. The molecule has 2 aliphatic rings. The fourth-order valence-electron chi connectivity index (χ4n) is 3.25. The highest BCUT2D eigenvalue weighted by Gasteiger charge is 2.38. The highest BCUT2D eigenvalue weighted by Crippen LogP contribution is 2.34. The Bertz CT molecular complexity index is 521. The van der Waals surface area contributed by atoms with Crippen molar-refractivity contribution in [3.05, 3.63) is 35.4 Å². The van der Waals surface area contributed by atoms with Crippen molar-refractivity contribution in [2.24, 2.45) is 0 Å². The summed E-state index contributed by atoms with van der Waals surface area (Å²) in [5.41, 5.74) is 0.0451. The average Bonchev–Trinajstić information content (AvgIpc) is 3.06. The van der Waals surface area contributed by atoms with Crippen LogP contribution < -0.4 is 5.32 Å². The van der Waals surface area contributed by atoms with Crippen LogP contribution in [0.2, 0.25) is 0 Å². The fourth-order valence-corrected chi connectivity index (χ4v) is 3.25. The minimum Gasteiger partial charge on any atom is -0.319 e. The quantitative estimate of drug-likeness (QED) is 0.910. The van der Waals surface area contributed by atoms with Crippen LogP contribution in [0.5, 0.6) is 0 Å². The number of hydrogen-bond donors (Lipinski definition) is 1. The van der Waals surface area contributed by atoms with Gasteiger partial charge in [0.1, 0.15) is 6.17 Å². The predicted octanol–water partition coefficient (Wildman–Crippen LogP) is 3.08. The van der Waals surface area contributed by atoms with Crippen molar-refractivity contribution < 1.29 is 18.0 Å². The first kappa shape index (κ1) is 14.4. The zero-order valence-corrected chi connectivity index (χ0v) is 11.5. The highest BCUT2D eigenvalue weighted by atomic mass is 19.4. The Morgan fingerprint density at radius 3 is 2.29 bits per heavy atom. The van der Waals surface area contributed by atoms with Crippen molar-refractivity contribution in [1.29, 1.82) is 0 Å². The van der Waals surface area contributed by atoms with Crippen LogP contribution in [0.25, 0.3) is 0 Å². The Balaban J connectivity index is 1.83. The van der Waals surface area contributed by atoms with E-state index in [4.69, 9.17) is 0 Å². The van der Waals surface area contributed by atoms with Crippen molar-refractivity contribution in [1.82, 2.24) is 10.2 Å². The molecule has 3 rings (SSSR count). The summed E-state index contributed by atoms with van der Waals surface area (Å²) in [6.07, 6.45) is -0.469. The SMILES string of the molecule is O=C1CNC(c2ccc(C(F)(F)F)cc2)N1C1CCCC1. The topological polar surface area (TPSA) is 32.3 Å². The van der Waals surface area contributed by atoms with Crippen LogP contribution >= 0.6 is 0 Å². The molecule has 6 heteroatoms. The minimum atomic E-state index is -4.33. The summed E-state index contributed by atoms with van der Waals surface area (Å²) < 4.78 is 37.8. The molecule has 3 nitrogen and oxygen atoms in total. The van der Waals surface area contributed by atoms with E-state index in [9.17, 15) is 18.0 Å². The molecule has 0 bridgehead atoms. The Kier molecular flexibility index (Phi) is 3.65. The van der Waals surface area contributed by atoms with Gasteiger partial charge in [0.05, 0.1) is 12.1 Å². The van der Waals surface area contributed by atoms with Gasteiger partial charge in [-0.05, 0) is 30.5 Å². The molecule has 1 aromatic rings. The monoisotopic (exact) mass is 298 g/mol. The second-order valence-electron chi connectivity index (χ2n) is 5.64. The number of nitrogens with one attached hydrogen (secondary N) is 1. The van der Waals surface area contributed by atoms with Crippen LogP contribution in [0.1, 0.15) is 43.0 Å². The molecule has 1 aromatic carbocycles. The van der Waals surface area contributed by atoms with E-state index in [1.54, 1.807) is 0 Å². The normalized spacial score (nSPS) is 24.0. The lowest BCUT2D eigenvalue weighted by molar-refractivity contribution is -0.137. The third kappa shape index (κ3) is 2.77. The van der Waals surface area contributed by atoms with Crippen LogP contribution in [0.3, 0.4) is 0 Å². The van der Waals surface area contributed by atoms with Gasteiger partial charge >= 0.3 is 6.18 Å². The van der Waals surface area contributed by atoms with Crippen LogP contribution in [0.4, 0.5) is 13.2 Å². The van der Waals surface area contributed by atoms with Gasteiger partial charge in [-0.3, -0.25) is 10.1 Å². The summed E-state index contributed by atoms with van der Waals surface area (Å²) in [5, 5.41) is 3.10. The van der Waals surface area contributed by atoms with Gasteiger partial charge in [-0.15, -0.1) is 0 Å². The Morgan fingerprint density at radius 2 is 1.71 bits per heavy atom. The second-order valence-corrected chi connectivity index (χ2v) is 5.64. The smallest absolute Gasteiger partial charge is 0.319 e. The Labute approximate surface area is 121 Å². The van der Waals surface area contributed by atoms with E-state index in [1.165, 1.54) is 12.1 Å². The maximum absolute atomic E-state index is 12.6. The number of carbonyl (C=O) groups excluding carboxylic acids is 1. The average molecular weight is 298 g/mol. The summed E-state index contributed by atoms with van der Waals surface area (Å²) in [7, 11) is 0. The van der Waals surface area contributed by atoms with E-state index in [0.29, 0.717) is 5.56 Å². The lowest BCUT2D eigenvalue weighted by atomic mass is 10.1. The molecule has 21 heavy (non-hydrogen) atoms. The predicted molar refractivity (Wildman–Crippen MR) is 71.3 cm³/mol. The minimum absolute atomic E-state index is 0.0341. The summed E-state index contributed by atoms with van der Waals surface area (Å²) in [5.74, 6) is 0.0341. The lowest BCUT2D eigenvalue weighted by Gasteiger charge is -2.30. The molecule has 1 amide bonds. The van der Waals surface area contributed by atoms with Crippen LogP contribution in [0.15, 0.2) is 24.3 Å². The molecule has 114 valence electrons. The van der Waals surface area contributed by atoms with Gasteiger partial charge in [-0.25, -0.2) is 0 Å². The van der Waals surface area contributed by atoms with Crippen molar-refractivity contribution >= 4 is 5.91 Å². The van der Waals surface area contributed by atoms with Crippen molar-refractivity contribution in [3.8, 4) is 0 Å². The van der Waals surface area contributed by atoms with Gasteiger partial charge in [0.2, 0.25) is 5.91 Å². The second kappa shape index (κ2) is 5.33. The first-order chi connectivity index (χ1) is 9.97. The maximum atomic E-state index is 12.6. The van der Waals surface area contributed by atoms with Gasteiger partial charge < -0.3 is 4.90 Å². The third-order valence-corrected chi connectivity index (χ3v) is 4.28. The maximum Gasteiger partial charge on any atom is 0.416 e. The highest BCUT2D eigenvalue weighted by molar-refractivity contribution is 5.81. The van der Waals surface area contributed by atoms with E-state index in [2.05, 4.69) is 5.32 Å². The molecule has 0 aromatic heterocycles. The largest absolute Gasteiger partial charge is 0.416 e. The Morgan fingerprint density at radius 1 is 1.10 bits per heavy atom. The number of hydrogen-bond acceptors (Lipinski definition) is 2. The van der Waals surface area contributed by atoms with Crippen LogP contribution in [-0.2, 0) is 11.0 Å². The fraction of sp³-hybridized carbons (Fsp3) is 0.533. The molecule has 0 spiro atoms. The molecular formula is C15H17F3N2O. The molecule has 1 N–H and O–H groups in total. The summed E-state index contributed by atoms with van der Waals surface area (Å²) in [6.45, 7) is 0.252. The number of carbonyl (C=O) groups is 1. The van der Waals surface area contributed by atoms with Crippen molar-refractivity contribution in [3.63, 3.8) is 0 Å². The molecule has 0 radical (unpaired) electrons. The first-order valence-corrected chi connectivity index (χ1v) is 7.18. The van der Waals surface area contributed by atoms with Crippen molar-refractivity contribution in [2.45, 2.75) is 44.1 Å². The van der Waals surface area contributed by atoms with Gasteiger partial charge in [0.25, 0.3) is 0 Å². The zero-order chi connectivity index (χ0) is 15.0. The number of nitrogens with zero attached hydrogens (tertiary/aromatic N) is 1. The van der Waals surface area contributed by atoms with Crippen molar-refractivity contribution in [2.75, 3.05) is 6.54 Å². The molecule has 1 saturated carbocycles. The molecule has 1 aliphatic carbocycles. The molecule has 1 saturated heterocycles. The van der Waals surface area contributed by atoms with Crippen LogP contribution in [0, 0.1) is 0 Å². The molecule has 1 heterocycles. The number of halogens is 3. The van der Waals surface area contributed by atoms with E-state index in [-0.39, 0.29) is 24.7 Å². The van der Waals surface area contributed by atoms with E-state index in [0.717, 1.165) is 37.8 Å². The Hall–Kier alpha value is -1.56. The van der Waals surface area contributed by atoms with E-state index >= 15 is 0 Å². The van der Waals surface area contributed by atoms with Gasteiger partial charge in [0.15, 0.2) is 0 Å². The molecule has 1 aliphatic heterocycles. The lowest BCUT2D eigenvalue weighted by Crippen LogP contribution is -2.38. The first-order valence-electron chi connectivity index (χ1n) is 7.18. The van der Waals surface area contributed by atoms with Gasteiger partial charge in [-0.2, -0.15) is 13.2 Å². The number of benzene rings is 1. The van der Waals surface area contributed by atoms with E-state index in [1.807, 2.05) is 4.90 Å². The molecular weight excluding hydrogens is 281 g/mol.